The van der Waals surface area contributed by atoms with Crippen LogP contribution < -0.4 is 5.73 Å². The number of rotatable bonds is 3. The summed E-state index contributed by atoms with van der Waals surface area (Å²) in [6.45, 7) is 1.75. The predicted octanol–water partition coefficient (Wildman–Crippen LogP) is 1.94. The molecule has 1 rings (SSSR count). The number of benzene rings is 1. The molecule has 0 aliphatic rings. The molecule has 16 heavy (non-hydrogen) atoms. The van der Waals surface area contributed by atoms with E-state index in [2.05, 4.69) is 16.6 Å². The standard InChI is InChI=1S/C13H15NO2/c1-3-4-11(9-13(15)16-2)10-5-7-12(14)8-6-10/h5-8,11H,9,14H2,1-2H3. The van der Waals surface area contributed by atoms with Gasteiger partial charge in [0.1, 0.15) is 0 Å². The summed E-state index contributed by atoms with van der Waals surface area (Å²) in [4.78, 5) is 11.2. The number of hydrogen-bond acceptors (Lipinski definition) is 3. The van der Waals surface area contributed by atoms with Crippen LogP contribution in [0.3, 0.4) is 0 Å². The Morgan fingerprint density at radius 1 is 1.44 bits per heavy atom. The van der Waals surface area contributed by atoms with E-state index in [0.717, 1.165) is 5.56 Å². The first-order valence-electron chi connectivity index (χ1n) is 5.02. The molecular weight excluding hydrogens is 202 g/mol. The quantitative estimate of drug-likeness (QED) is 0.478. The molecule has 0 aliphatic carbocycles. The lowest BCUT2D eigenvalue weighted by atomic mass is 9.96. The third-order valence-corrected chi connectivity index (χ3v) is 2.26. The molecule has 0 aromatic heterocycles. The summed E-state index contributed by atoms with van der Waals surface area (Å²) in [6, 6.07) is 7.37. The molecule has 0 radical (unpaired) electrons. The normalized spacial score (nSPS) is 11.1. The number of methoxy groups -OCH3 is 1. The number of hydrogen-bond donors (Lipinski definition) is 1. The topological polar surface area (TPSA) is 52.3 Å². The minimum Gasteiger partial charge on any atom is -0.469 e. The molecule has 0 saturated heterocycles. The lowest BCUT2D eigenvalue weighted by molar-refractivity contribution is -0.140. The summed E-state index contributed by atoms with van der Waals surface area (Å²) < 4.78 is 4.64. The molecule has 1 unspecified atom stereocenters. The van der Waals surface area contributed by atoms with Gasteiger partial charge < -0.3 is 10.5 Å². The third kappa shape index (κ3) is 3.32. The van der Waals surface area contributed by atoms with E-state index in [9.17, 15) is 4.79 Å². The Labute approximate surface area is 95.6 Å². The first-order valence-corrected chi connectivity index (χ1v) is 5.02. The molecule has 3 nitrogen and oxygen atoms in total. The monoisotopic (exact) mass is 217 g/mol. The number of nitrogens with two attached hydrogens (primary N) is 1. The highest BCUT2D eigenvalue weighted by Gasteiger charge is 2.13. The van der Waals surface area contributed by atoms with E-state index in [0.29, 0.717) is 5.69 Å². The average Bonchev–Trinajstić information content (AvgIpc) is 2.29. The van der Waals surface area contributed by atoms with Crippen molar-refractivity contribution in [1.29, 1.82) is 0 Å². The van der Waals surface area contributed by atoms with Gasteiger partial charge in [0.15, 0.2) is 0 Å². The van der Waals surface area contributed by atoms with Crippen LogP contribution in [-0.4, -0.2) is 13.1 Å². The van der Waals surface area contributed by atoms with Gasteiger partial charge in [-0.2, -0.15) is 0 Å². The first kappa shape index (κ1) is 12.1. The fourth-order valence-corrected chi connectivity index (χ4v) is 1.40. The summed E-state index contributed by atoms with van der Waals surface area (Å²) in [5.41, 5.74) is 7.28. The van der Waals surface area contributed by atoms with Gasteiger partial charge in [-0.05, 0) is 24.6 Å². The van der Waals surface area contributed by atoms with Crippen LogP contribution in [0.1, 0.15) is 24.8 Å². The average molecular weight is 217 g/mol. The lowest BCUT2D eigenvalue weighted by Gasteiger charge is -2.09. The zero-order chi connectivity index (χ0) is 12.0. The van der Waals surface area contributed by atoms with Gasteiger partial charge in [0, 0.05) is 5.69 Å². The van der Waals surface area contributed by atoms with Gasteiger partial charge in [0.25, 0.3) is 0 Å². The van der Waals surface area contributed by atoms with Crippen LogP contribution in [0.25, 0.3) is 0 Å². The Kier molecular flexibility index (Phi) is 4.41. The number of ether oxygens (including phenoxy) is 1. The Morgan fingerprint density at radius 3 is 2.56 bits per heavy atom. The van der Waals surface area contributed by atoms with Gasteiger partial charge in [-0.25, -0.2) is 0 Å². The second-order valence-corrected chi connectivity index (χ2v) is 3.39. The Hall–Kier alpha value is -1.95. The summed E-state index contributed by atoms with van der Waals surface area (Å²) in [5, 5.41) is 0. The van der Waals surface area contributed by atoms with Crippen molar-refractivity contribution >= 4 is 11.7 Å². The maximum atomic E-state index is 11.2. The number of nitrogen functional groups attached to an aromatic ring is 1. The van der Waals surface area contributed by atoms with Crippen LogP contribution in [0.2, 0.25) is 0 Å². The Bertz CT molecular complexity index is 412. The second-order valence-electron chi connectivity index (χ2n) is 3.39. The molecule has 1 aromatic carbocycles. The summed E-state index contributed by atoms with van der Waals surface area (Å²) in [6.07, 6.45) is 0.265. The van der Waals surface area contributed by atoms with Crippen LogP contribution >= 0.6 is 0 Å². The van der Waals surface area contributed by atoms with Gasteiger partial charge in [-0.3, -0.25) is 4.79 Å². The van der Waals surface area contributed by atoms with Crippen LogP contribution in [0, 0.1) is 11.8 Å². The van der Waals surface area contributed by atoms with E-state index >= 15 is 0 Å². The highest BCUT2D eigenvalue weighted by Crippen LogP contribution is 2.20. The zero-order valence-electron chi connectivity index (χ0n) is 9.49. The van der Waals surface area contributed by atoms with Crippen molar-refractivity contribution in [2.24, 2.45) is 0 Å². The smallest absolute Gasteiger partial charge is 0.307 e. The molecule has 0 saturated carbocycles. The highest BCUT2D eigenvalue weighted by atomic mass is 16.5. The van der Waals surface area contributed by atoms with Gasteiger partial charge in [0.2, 0.25) is 0 Å². The summed E-state index contributed by atoms with van der Waals surface area (Å²) in [5.74, 6) is 5.43. The molecule has 0 aliphatic heterocycles. The lowest BCUT2D eigenvalue weighted by Crippen LogP contribution is -2.07. The molecule has 0 spiro atoms. The van der Waals surface area contributed by atoms with Gasteiger partial charge in [-0.1, -0.05) is 18.1 Å². The molecular formula is C13H15NO2. The Morgan fingerprint density at radius 2 is 2.06 bits per heavy atom. The molecule has 0 bridgehead atoms. The fourth-order valence-electron chi connectivity index (χ4n) is 1.40. The summed E-state index contributed by atoms with van der Waals surface area (Å²) >= 11 is 0. The molecule has 1 atom stereocenters. The maximum Gasteiger partial charge on any atom is 0.307 e. The van der Waals surface area contributed by atoms with Crippen molar-refractivity contribution < 1.29 is 9.53 Å². The van der Waals surface area contributed by atoms with E-state index in [4.69, 9.17) is 5.73 Å². The third-order valence-electron chi connectivity index (χ3n) is 2.26. The Balaban J connectivity index is 2.88. The summed E-state index contributed by atoms with van der Waals surface area (Å²) in [7, 11) is 1.38. The minimum atomic E-state index is -0.260. The molecule has 0 heterocycles. The molecule has 84 valence electrons. The van der Waals surface area contributed by atoms with E-state index in [1.807, 2.05) is 12.1 Å². The molecule has 1 aromatic rings. The van der Waals surface area contributed by atoms with Gasteiger partial charge >= 0.3 is 5.97 Å². The van der Waals surface area contributed by atoms with Crippen molar-refractivity contribution in [2.45, 2.75) is 19.3 Å². The number of esters is 1. The number of carbonyl (C=O) groups is 1. The molecule has 0 amide bonds. The van der Waals surface area contributed by atoms with Crippen molar-refractivity contribution in [3.8, 4) is 11.8 Å². The van der Waals surface area contributed by atoms with Crippen molar-refractivity contribution in [3.63, 3.8) is 0 Å². The molecule has 2 N–H and O–H groups in total. The zero-order valence-corrected chi connectivity index (χ0v) is 9.49. The fraction of sp³-hybridized carbons (Fsp3) is 0.308. The van der Waals surface area contributed by atoms with E-state index < -0.39 is 0 Å². The van der Waals surface area contributed by atoms with Crippen LogP contribution in [0.5, 0.6) is 0 Å². The number of anilines is 1. The predicted molar refractivity (Wildman–Crippen MR) is 63.7 cm³/mol. The number of carbonyl (C=O) groups excluding carboxylic acids is 1. The van der Waals surface area contributed by atoms with E-state index in [1.165, 1.54) is 7.11 Å². The largest absolute Gasteiger partial charge is 0.469 e. The van der Waals surface area contributed by atoms with Crippen LogP contribution in [0.15, 0.2) is 24.3 Å². The van der Waals surface area contributed by atoms with Crippen molar-refractivity contribution in [3.05, 3.63) is 29.8 Å². The van der Waals surface area contributed by atoms with Gasteiger partial charge in [-0.15, -0.1) is 5.92 Å². The van der Waals surface area contributed by atoms with Crippen LogP contribution in [-0.2, 0) is 9.53 Å². The molecule has 3 heteroatoms. The minimum absolute atomic E-state index is 0.127. The van der Waals surface area contributed by atoms with E-state index in [1.54, 1.807) is 19.1 Å². The highest BCUT2D eigenvalue weighted by molar-refractivity contribution is 5.71. The molecule has 0 fully saturated rings. The maximum absolute atomic E-state index is 11.2. The first-order chi connectivity index (χ1) is 7.67. The SMILES string of the molecule is CC#CC(CC(=O)OC)c1ccc(N)cc1. The van der Waals surface area contributed by atoms with Gasteiger partial charge in [0.05, 0.1) is 19.4 Å². The van der Waals surface area contributed by atoms with Crippen molar-refractivity contribution in [2.75, 3.05) is 12.8 Å². The second kappa shape index (κ2) is 5.82. The van der Waals surface area contributed by atoms with Crippen molar-refractivity contribution in [1.82, 2.24) is 0 Å². The van der Waals surface area contributed by atoms with E-state index in [-0.39, 0.29) is 18.3 Å². The van der Waals surface area contributed by atoms with Crippen LogP contribution in [0.4, 0.5) is 5.69 Å².